The first-order chi connectivity index (χ1) is 8.16. The van der Waals surface area contributed by atoms with Crippen molar-refractivity contribution < 1.29 is 9.31 Å². The minimum Gasteiger partial charge on any atom is -0.375 e. The second-order valence-corrected chi connectivity index (χ2v) is 4.11. The molecule has 92 valence electrons. The molecular formula is C11H14FN3O2. The molecule has 1 aromatic rings. The van der Waals surface area contributed by atoms with Gasteiger partial charge in [0.05, 0.1) is 4.92 Å². The van der Waals surface area contributed by atoms with Crippen LogP contribution in [0.4, 0.5) is 15.8 Å². The number of rotatable bonds is 3. The van der Waals surface area contributed by atoms with Crippen LogP contribution in [0.1, 0.15) is 12.8 Å². The SMILES string of the molecule is O=[N+]([O-])c1ccc(F)cc1NC1CCCNC1. The molecule has 1 aliphatic rings. The zero-order valence-corrected chi connectivity index (χ0v) is 9.28. The van der Waals surface area contributed by atoms with E-state index in [1.165, 1.54) is 12.1 Å². The molecule has 0 spiro atoms. The third-order valence-electron chi connectivity index (χ3n) is 2.81. The summed E-state index contributed by atoms with van der Waals surface area (Å²) in [6, 6.07) is 3.58. The molecule has 1 saturated heterocycles. The van der Waals surface area contributed by atoms with E-state index in [0.717, 1.165) is 32.0 Å². The molecule has 1 atom stereocenters. The number of piperidine rings is 1. The van der Waals surface area contributed by atoms with E-state index in [2.05, 4.69) is 10.6 Å². The number of nitro benzene ring substituents is 1. The highest BCUT2D eigenvalue weighted by Crippen LogP contribution is 2.26. The van der Waals surface area contributed by atoms with Gasteiger partial charge >= 0.3 is 0 Å². The molecular weight excluding hydrogens is 225 g/mol. The molecule has 1 unspecified atom stereocenters. The van der Waals surface area contributed by atoms with Crippen molar-refractivity contribution in [3.8, 4) is 0 Å². The maximum absolute atomic E-state index is 13.1. The van der Waals surface area contributed by atoms with Crippen LogP contribution in [0.5, 0.6) is 0 Å². The molecule has 1 fully saturated rings. The van der Waals surface area contributed by atoms with Gasteiger partial charge in [0.15, 0.2) is 0 Å². The van der Waals surface area contributed by atoms with Crippen LogP contribution >= 0.6 is 0 Å². The van der Waals surface area contributed by atoms with E-state index >= 15 is 0 Å². The molecule has 5 nitrogen and oxygen atoms in total. The largest absolute Gasteiger partial charge is 0.375 e. The van der Waals surface area contributed by atoms with Crippen LogP contribution in [0.25, 0.3) is 0 Å². The summed E-state index contributed by atoms with van der Waals surface area (Å²) in [5, 5.41) is 17.0. The molecule has 2 rings (SSSR count). The molecule has 17 heavy (non-hydrogen) atoms. The first kappa shape index (κ1) is 11.8. The number of hydrogen-bond acceptors (Lipinski definition) is 4. The summed E-state index contributed by atoms with van der Waals surface area (Å²) in [7, 11) is 0. The first-order valence-corrected chi connectivity index (χ1v) is 5.58. The van der Waals surface area contributed by atoms with Crippen molar-refractivity contribution in [3.05, 3.63) is 34.1 Å². The van der Waals surface area contributed by atoms with Crippen LogP contribution in [0.15, 0.2) is 18.2 Å². The second kappa shape index (κ2) is 5.09. The number of nitro groups is 1. The molecule has 1 heterocycles. The van der Waals surface area contributed by atoms with Gasteiger partial charge in [0.2, 0.25) is 0 Å². The average Bonchev–Trinajstić information content (AvgIpc) is 2.30. The van der Waals surface area contributed by atoms with Gasteiger partial charge in [0, 0.05) is 24.7 Å². The van der Waals surface area contributed by atoms with Gasteiger partial charge in [-0.2, -0.15) is 0 Å². The highest BCUT2D eigenvalue weighted by molar-refractivity contribution is 5.61. The van der Waals surface area contributed by atoms with Gasteiger partial charge in [-0.15, -0.1) is 0 Å². The maximum Gasteiger partial charge on any atom is 0.292 e. The van der Waals surface area contributed by atoms with Gasteiger partial charge in [-0.1, -0.05) is 0 Å². The number of nitrogens with zero attached hydrogens (tertiary/aromatic N) is 1. The zero-order chi connectivity index (χ0) is 12.3. The third-order valence-corrected chi connectivity index (χ3v) is 2.81. The van der Waals surface area contributed by atoms with Crippen LogP contribution in [-0.2, 0) is 0 Å². The van der Waals surface area contributed by atoms with Gasteiger partial charge < -0.3 is 10.6 Å². The van der Waals surface area contributed by atoms with E-state index in [-0.39, 0.29) is 17.4 Å². The summed E-state index contributed by atoms with van der Waals surface area (Å²) in [4.78, 5) is 10.3. The summed E-state index contributed by atoms with van der Waals surface area (Å²) in [6.07, 6.45) is 1.95. The van der Waals surface area contributed by atoms with Gasteiger partial charge in [0.25, 0.3) is 5.69 Å². The van der Waals surface area contributed by atoms with E-state index < -0.39 is 10.7 Å². The van der Waals surface area contributed by atoms with Crippen molar-refractivity contribution in [1.29, 1.82) is 0 Å². The van der Waals surface area contributed by atoms with Gasteiger partial charge in [-0.25, -0.2) is 4.39 Å². The van der Waals surface area contributed by atoms with E-state index in [4.69, 9.17) is 0 Å². The Bertz CT molecular complexity index is 419. The summed E-state index contributed by atoms with van der Waals surface area (Å²) >= 11 is 0. The third kappa shape index (κ3) is 2.91. The fourth-order valence-electron chi connectivity index (χ4n) is 1.98. The van der Waals surface area contributed by atoms with E-state index in [0.29, 0.717) is 0 Å². The Balaban J connectivity index is 2.17. The quantitative estimate of drug-likeness (QED) is 0.624. The molecule has 0 radical (unpaired) electrons. The van der Waals surface area contributed by atoms with Crippen LogP contribution in [0.3, 0.4) is 0 Å². The lowest BCUT2D eigenvalue weighted by atomic mass is 10.1. The Morgan fingerprint density at radius 2 is 2.35 bits per heavy atom. The van der Waals surface area contributed by atoms with Gasteiger partial charge in [0.1, 0.15) is 11.5 Å². The molecule has 0 aromatic heterocycles. The van der Waals surface area contributed by atoms with Crippen molar-refractivity contribution in [2.45, 2.75) is 18.9 Å². The van der Waals surface area contributed by atoms with Crippen LogP contribution in [0.2, 0.25) is 0 Å². The Hall–Kier alpha value is -1.69. The summed E-state index contributed by atoms with van der Waals surface area (Å²) < 4.78 is 13.1. The van der Waals surface area contributed by atoms with E-state index in [1.54, 1.807) is 0 Å². The van der Waals surface area contributed by atoms with Crippen LogP contribution in [0, 0.1) is 15.9 Å². The minimum atomic E-state index is -0.502. The molecule has 0 saturated carbocycles. The van der Waals surface area contributed by atoms with Gasteiger partial charge in [-0.3, -0.25) is 10.1 Å². The number of hydrogen-bond donors (Lipinski definition) is 2. The molecule has 0 aliphatic carbocycles. The second-order valence-electron chi connectivity index (χ2n) is 4.11. The van der Waals surface area contributed by atoms with Crippen molar-refractivity contribution in [2.24, 2.45) is 0 Å². The molecule has 1 aromatic carbocycles. The average molecular weight is 239 g/mol. The lowest BCUT2D eigenvalue weighted by Gasteiger charge is -2.24. The minimum absolute atomic E-state index is 0.0861. The van der Waals surface area contributed by atoms with E-state index in [1.807, 2.05) is 0 Å². The molecule has 2 N–H and O–H groups in total. The highest BCUT2D eigenvalue weighted by atomic mass is 19.1. The summed E-state index contributed by atoms with van der Waals surface area (Å²) in [6.45, 7) is 1.71. The normalized spacial score (nSPS) is 19.9. The summed E-state index contributed by atoms with van der Waals surface area (Å²) in [5.41, 5.74) is 0.167. The topological polar surface area (TPSA) is 67.2 Å². The Morgan fingerprint density at radius 1 is 1.53 bits per heavy atom. The number of anilines is 1. The maximum atomic E-state index is 13.1. The van der Waals surface area contributed by atoms with Crippen molar-refractivity contribution in [3.63, 3.8) is 0 Å². The number of halogens is 1. The summed E-state index contributed by atoms with van der Waals surface area (Å²) in [5.74, 6) is -0.470. The number of benzene rings is 1. The predicted octanol–water partition coefficient (Wildman–Crippen LogP) is 1.90. The lowest BCUT2D eigenvalue weighted by molar-refractivity contribution is -0.384. The lowest BCUT2D eigenvalue weighted by Crippen LogP contribution is -2.38. The number of nitrogens with one attached hydrogen (secondary N) is 2. The molecule has 1 aliphatic heterocycles. The van der Waals surface area contributed by atoms with Crippen molar-refractivity contribution in [1.82, 2.24) is 5.32 Å². The van der Waals surface area contributed by atoms with Crippen LogP contribution < -0.4 is 10.6 Å². The zero-order valence-electron chi connectivity index (χ0n) is 9.28. The fraction of sp³-hybridized carbons (Fsp3) is 0.455. The Morgan fingerprint density at radius 3 is 3.00 bits per heavy atom. The molecule has 6 heteroatoms. The smallest absolute Gasteiger partial charge is 0.292 e. The standard InChI is InChI=1S/C11H14FN3O2/c12-8-3-4-11(15(16)17)10(6-8)14-9-2-1-5-13-7-9/h3-4,6,9,13-14H,1-2,5,7H2. The van der Waals surface area contributed by atoms with Crippen LogP contribution in [-0.4, -0.2) is 24.1 Å². The fourth-order valence-corrected chi connectivity index (χ4v) is 1.98. The van der Waals surface area contributed by atoms with Crippen molar-refractivity contribution in [2.75, 3.05) is 18.4 Å². The predicted molar refractivity (Wildman–Crippen MR) is 62.6 cm³/mol. The van der Waals surface area contributed by atoms with E-state index in [9.17, 15) is 14.5 Å². The Labute approximate surface area is 98.2 Å². The first-order valence-electron chi connectivity index (χ1n) is 5.58. The molecule has 0 amide bonds. The molecule has 0 bridgehead atoms. The van der Waals surface area contributed by atoms with Crippen molar-refractivity contribution >= 4 is 11.4 Å². The Kier molecular flexibility index (Phi) is 3.53. The highest BCUT2D eigenvalue weighted by Gasteiger charge is 2.19. The van der Waals surface area contributed by atoms with Gasteiger partial charge in [-0.05, 0) is 25.5 Å². The monoisotopic (exact) mass is 239 g/mol.